The molecule has 0 aromatic heterocycles. The van der Waals surface area contributed by atoms with Crippen molar-refractivity contribution in [3.63, 3.8) is 0 Å². The number of halogens is 2. The van der Waals surface area contributed by atoms with Crippen molar-refractivity contribution in [1.82, 2.24) is 0 Å². The average Bonchev–Trinajstić information content (AvgIpc) is 2.49. The van der Waals surface area contributed by atoms with Gasteiger partial charge in [-0.25, -0.2) is 0 Å². The number of anilines is 1. The quantitative estimate of drug-likeness (QED) is 0.671. The van der Waals surface area contributed by atoms with Gasteiger partial charge in [-0.15, -0.1) is 0 Å². The zero-order chi connectivity index (χ0) is 15.2. The van der Waals surface area contributed by atoms with Crippen molar-refractivity contribution in [3.8, 4) is 0 Å². The summed E-state index contributed by atoms with van der Waals surface area (Å²) in [5.74, 6) is -0.731. The SMILES string of the molecule is O=C(C=CC(=O)c1ccccc1)Nc1c(Cl)cccc1Cl. The van der Waals surface area contributed by atoms with Crippen LogP contribution < -0.4 is 5.32 Å². The number of amides is 1. The summed E-state index contributed by atoms with van der Waals surface area (Å²) < 4.78 is 0. The van der Waals surface area contributed by atoms with Crippen LogP contribution in [0.4, 0.5) is 5.69 Å². The van der Waals surface area contributed by atoms with E-state index in [-0.39, 0.29) is 5.78 Å². The average molecular weight is 320 g/mol. The van der Waals surface area contributed by atoms with E-state index in [1.165, 1.54) is 6.08 Å². The highest BCUT2D eigenvalue weighted by atomic mass is 35.5. The molecule has 0 unspecified atom stereocenters. The van der Waals surface area contributed by atoms with Crippen LogP contribution in [0.1, 0.15) is 10.4 Å². The number of benzene rings is 2. The number of hydrogen-bond donors (Lipinski definition) is 1. The van der Waals surface area contributed by atoms with Crippen LogP contribution in [0.25, 0.3) is 0 Å². The predicted octanol–water partition coefficient (Wildman–Crippen LogP) is 4.37. The molecule has 0 saturated heterocycles. The smallest absolute Gasteiger partial charge is 0.248 e. The molecule has 0 atom stereocenters. The van der Waals surface area contributed by atoms with E-state index in [1.807, 2.05) is 6.07 Å². The van der Waals surface area contributed by atoms with Gasteiger partial charge in [0.05, 0.1) is 15.7 Å². The Morgan fingerprint density at radius 2 is 1.48 bits per heavy atom. The van der Waals surface area contributed by atoms with Crippen LogP contribution in [0, 0.1) is 0 Å². The van der Waals surface area contributed by atoms with Crippen molar-refractivity contribution in [1.29, 1.82) is 0 Å². The van der Waals surface area contributed by atoms with Crippen molar-refractivity contribution in [2.75, 3.05) is 5.32 Å². The molecule has 0 radical (unpaired) electrons. The Hall–Kier alpha value is -2.10. The lowest BCUT2D eigenvalue weighted by atomic mass is 10.1. The Kier molecular flexibility index (Phi) is 5.14. The van der Waals surface area contributed by atoms with Gasteiger partial charge in [0, 0.05) is 11.6 Å². The summed E-state index contributed by atoms with van der Waals surface area (Å²) >= 11 is 11.9. The molecular weight excluding hydrogens is 309 g/mol. The van der Waals surface area contributed by atoms with Crippen LogP contribution in [-0.4, -0.2) is 11.7 Å². The van der Waals surface area contributed by atoms with Gasteiger partial charge >= 0.3 is 0 Å². The first-order valence-electron chi connectivity index (χ1n) is 6.10. The van der Waals surface area contributed by atoms with Crippen LogP contribution in [0.5, 0.6) is 0 Å². The zero-order valence-electron chi connectivity index (χ0n) is 10.8. The number of ketones is 1. The van der Waals surface area contributed by atoms with Gasteiger partial charge in [-0.05, 0) is 18.2 Å². The third kappa shape index (κ3) is 4.18. The summed E-state index contributed by atoms with van der Waals surface area (Å²) in [6, 6.07) is 13.6. The minimum absolute atomic E-state index is 0.254. The van der Waals surface area contributed by atoms with Gasteiger partial charge in [-0.2, -0.15) is 0 Å². The fourth-order valence-electron chi connectivity index (χ4n) is 1.63. The van der Waals surface area contributed by atoms with Crippen LogP contribution in [0.2, 0.25) is 10.0 Å². The molecule has 0 bridgehead atoms. The van der Waals surface area contributed by atoms with Gasteiger partial charge in [0.25, 0.3) is 0 Å². The van der Waals surface area contributed by atoms with Gasteiger partial charge in [0.1, 0.15) is 0 Å². The van der Waals surface area contributed by atoms with E-state index in [2.05, 4.69) is 5.32 Å². The fourth-order valence-corrected chi connectivity index (χ4v) is 2.12. The summed E-state index contributed by atoms with van der Waals surface area (Å²) in [7, 11) is 0. The van der Waals surface area contributed by atoms with Crippen molar-refractivity contribution in [3.05, 3.63) is 76.3 Å². The molecule has 0 aliphatic carbocycles. The minimum atomic E-state index is -0.478. The minimum Gasteiger partial charge on any atom is -0.320 e. The number of hydrogen-bond acceptors (Lipinski definition) is 2. The van der Waals surface area contributed by atoms with E-state index in [4.69, 9.17) is 23.2 Å². The molecule has 2 aromatic rings. The second-order valence-electron chi connectivity index (χ2n) is 4.15. The van der Waals surface area contributed by atoms with Crippen molar-refractivity contribution in [2.45, 2.75) is 0 Å². The van der Waals surface area contributed by atoms with Gasteiger partial charge in [0.2, 0.25) is 5.91 Å². The molecule has 0 aliphatic rings. The van der Waals surface area contributed by atoms with E-state index in [0.29, 0.717) is 21.3 Å². The molecule has 106 valence electrons. The molecule has 0 fully saturated rings. The van der Waals surface area contributed by atoms with Gasteiger partial charge < -0.3 is 5.32 Å². The molecular formula is C16H11Cl2NO2. The number of carbonyl (C=O) groups is 2. The molecule has 5 heteroatoms. The van der Waals surface area contributed by atoms with Crippen molar-refractivity contribution < 1.29 is 9.59 Å². The molecule has 3 nitrogen and oxygen atoms in total. The Labute approximate surface area is 132 Å². The first-order chi connectivity index (χ1) is 10.1. The highest BCUT2D eigenvalue weighted by Gasteiger charge is 2.08. The number of rotatable bonds is 4. The van der Waals surface area contributed by atoms with Crippen molar-refractivity contribution in [2.24, 2.45) is 0 Å². The topological polar surface area (TPSA) is 46.2 Å². The maximum atomic E-state index is 11.8. The van der Waals surface area contributed by atoms with Gasteiger partial charge in [0.15, 0.2) is 5.78 Å². The fraction of sp³-hybridized carbons (Fsp3) is 0. The maximum absolute atomic E-state index is 11.8. The highest BCUT2D eigenvalue weighted by molar-refractivity contribution is 6.39. The molecule has 21 heavy (non-hydrogen) atoms. The Morgan fingerprint density at radius 1 is 0.857 bits per heavy atom. The lowest BCUT2D eigenvalue weighted by Crippen LogP contribution is -2.09. The molecule has 1 N–H and O–H groups in total. The molecule has 0 spiro atoms. The second-order valence-corrected chi connectivity index (χ2v) is 4.96. The molecule has 0 aliphatic heterocycles. The summed E-state index contributed by atoms with van der Waals surface area (Å²) in [4.78, 5) is 23.6. The molecule has 2 rings (SSSR count). The first-order valence-corrected chi connectivity index (χ1v) is 6.86. The Morgan fingerprint density at radius 3 is 2.10 bits per heavy atom. The van der Waals surface area contributed by atoms with Crippen molar-refractivity contribution >= 4 is 40.6 Å². The number of carbonyl (C=O) groups excluding carboxylic acids is 2. The molecule has 1 amide bonds. The van der Waals surface area contributed by atoms with E-state index in [9.17, 15) is 9.59 Å². The Balaban J connectivity index is 2.05. The zero-order valence-corrected chi connectivity index (χ0v) is 12.4. The third-order valence-corrected chi connectivity index (χ3v) is 3.29. The summed E-state index contributed by atoms with van der Waals surface area (Å²) in [6.07, 6.45) is 2.35. The summed E-state index contributed by atoms with van der Waals surface area (Å²) in [5, 5.41) is 3.21. The monoisotopic (exact) mass is 319 g/mol. The molecule has 2 aromatic carbocycles. The van der Waals surface area contributed by atoms with Crippen LogP contribution in [0.15, 0.2) is 60.7 Å². The van der Waals surface area contributed by atoms with Crippen LogP contribution in [0.3, 0.4) is 0 Å². The number of para-hydroxylation sites is 1. The lowest BCUT2D eigenvalue weighted by Gasteiger charge is -2.06. The normalized spacial score (nSPS) is 10.6. The predicted molar refractivity (Wildman–Crippen MR) is 85.0 cm³/mol. The van der Waals surface area contributed by atoms with E-state index >= 15 is 0 Å². The summed E-state index contributed by atoms with van der Waals surface area (Å²) in [5.41, 5.74) is 0.833. The standard InChI is InChI=1S/C16H11Cl2NO2/c17-12-7-4-8-13(18)16(12)19-15(21)10-9-14(20)11-5-2-1-3-6-11/h1-10H,(H,19,21). The van der Waals surface area contributed by atoms with E-state index < -0.39 is 5.91 Å². The second kappa shape index (κ2) is 7.07. The van der Waals surface area contributed by atoms with Gasteiger partial charge in [-0.1, -0.05) is 59.6 Å². The lowest BCUT2D eigenvalue weighted by molar-refractivity contribution is -0.111. The van der Waals surface area contributed by atoms with E-state index in [1.54, 1.807) is 42.5 Å². The Bertz CT molecular complexity index is 676. The third-order valence-electron chi connectivity index (χ3n) is 2.66. The number of nitrogens with one attached hydrogen (secondary N) is 1. The molecule has 0 saturated carbocycles. The highest BCUT2D eigenvalue weighted by Crippen LogP contribution is 2.29. The van der Waals surface area contributed by atoms with E-state index in [0.717, 1.165) is 6.08 Å². The number of allylic oxidation sites excluding steroid dienone is 1. The maximum Gasteiger partial charge on any atom is 0.248 e. The van der Waals surface area contributed by atoms with Crippen LogP contribution >= 0.6 is 23.2 Å². The summed E-state index contributed by atoms with van der Waals surface area (Å²) in [6.45, 7) is 0. The van der Waals surface area contributed by atoms with Crippen LogP contribution in [-0.2, 0) is 4.79 Å². The first kappa shape index (κ1) is 15.3. The van der Waals surface area contributed by atoms with Gasteiger partial charge in [-0.3, -0.25) is 9.59 Å². The molecule has 0 heterocycles. The largest absolute Gasteiger partial charge is 0.320 e.